The van der Waals surface area contributed by atoms with Gasteiger partial charge in [-0.3, -0.25) is 9.59 Å². The quantitative estimate of drug-likeness (QED) is 0.651. The van der Waals surface area contributed by atoms with Gasteiger partial charge in [0.1, 0.15) is 5.75 Å². The van der Waals surface area contributed by atoms with Gasteiger partial charge in [0.25, 0.3) is 0 Å². The molecule has 0 saturated carbocycles. The first-order valence-electron chi connectivity index (χ1n) is 8.44. The molecule has 0 saturated heterocycles. The number of methoxy groups -OCH3 is 1. The van der Waals surface area contributed by atoms with Crippen molar-refractivity contribution in [3.63, 3.8) is 0 Å². The third-order valence-corrected chi connectivity index (χ3v) is 3.63. The smallest absolute Gasteiger partial charge is 0.310 e. The fraction of sp³-hybridized carbons (Fsp3) is 0.579. The fourth-order valence-electron chi connectivity index (χ4n) is 2.48. The molecule has 0 spiro atoms. The van der Waals surface area contributed by atoms with Gasteiger partial charge in [-0.05, 0) is 30.5 Å². The van der Waals surface area contributed by atoms with Crippen LogP contribution >= 0.6 is 0 Å². The summed E-state index contributed by atoms with van der Waals surface area (Å²) in [5, 5.41) is 0. The van der Waals surface area contributed by atoms with Gasteiger partial charge < -0.3 is 14.4 Å². The third-order valence-electron chi connectivity index (χ3n) is 3.63. The Balaban J connectivity index is 2.74. The highest BCUT2D eigenvalue weighted by atomic mass is 16.5. The number of ether oxygens (including phenoxy) is 2. The van der Waals surface area contributed by atoms with Crippen LogP contribution in [0.25, 0.3) is 0 Å². The summed E-state index contributed by atoms with van der Waals surface area (Å²) in [5.74, 6) is 0.519. The summed E-state index contributed by atoms with van der Waals surface area (Å²) in [6.07, 6.45) is 0.313. The third kappa shape index (κ3) is 6.60. The fourth-order valence-corrected chi connectivity index (χ4v) is 2.48. The molecular weight excluding hydrogens is 306 g/mol. The minimum atomic E-state index is -0.335. The number of hydrogen-bond donors (Lipinski definition) is 0. The number of benzene rings is 1. The predicted octanol–water partition coefficient (Wildman–Crippen LogP) is 2.92. The number of rotatable bonds is 9. The van der Waals surface area contributed by atoms with Crippen LogP contribution in [0.2, 0.25) is 0 Å². The highest BCUT2D eigenvalue weighted by Gasteiger charge is 2.22. The van der Waals surface area contributed by atoms with Crippen molar-refractivity contribution in [2.45, 2.75) is 34.1 Å². The van der Waals surface area contributed by atoms with E-state index in [1.807, 2.05) is 31.2 Å². The second-order valence-electron chi connectivity index (χ2n) is 6.37. The Morgan fingerprint density at radius 1 is 1.08 bits per heavy atom. The summed E-state index contributed by atoms with van der Waals surface area (Å²) >= 11 is 0. The van der Waals surface area contributed by atoms with Crippen molar-refractivity contribution in [3.8, 4) is 5.75 Å². The zero-order valence-electron chi connectivity index (χ0n) is 15.4. The highest BCUT2D eigenvalue weighted by molar-refractivity contribution is 5.80. The molecule has 0 heterocycles. The van der Waals surface area contributed by atoms with Gasteiger partial charge in [0.15, 0.2) is 0 Å². The van der Waals surface area contributed by atoms with Gasteiger partial charge >= 0.3 is 5.97 Å². The van der Waals surface area contributed by atoms with E-state index >= 15 is 0 Å². The lowest BCUT2D eigenvalue weighted by atomic mass is 10.1. The molecule has 1 atom stereocenters. The molecule has 1 unspecified atom stereocenters. The molecule has 0 fully saturated rings. The molecule has 0 bridgehead atoms. The molecule has 0 aliphatic rings. The lowest BCUT2D eigenvalue weighted by Gasteiger charge is -2.27. The molecule has 0 radical (unpaired) electrons. The van der Waals surface area contributed by atoms with Crippen molar-refractivity contribution in [1.29, 1.82) is 0 Å². The highest BCUT2D eigenvalue weighted by Crippen LogP contribution is 2.14. The first-order chi connectivity index (χ1) is 11.4. The summed E-state index contributed by atoms with van der Waals surface area (Å²) < 4.78 is 10.2. The van der Waals surface area contributed by atoms with E-state index in [1.165, 1.54) is 7.11 Å². The summed E-state index contributed by atoms with van der Waals surface area (Å²) in [4.78, 5) is 26.0. The van der Waals surface area contributed by atoms with Gasteiger partial charge in [-0.1, -0.05) is 32.9 Å². The van der Waals surface area contributed by atoms with Crippen molar-refractivity contribution < 1.29 is 19.1 Å². The predicted molar refractivity (Wildman–Crippen MR) is 93.9 cm³/mol. The summed E-state index contributed by atoms with van der Waals surface area (Å²) in [6.45, 7) is 9.44. The molecule has 1 aromatic rings. The molecule has 5 heteroatoms. The van der Waals surface area contributed by atoms with Crippen LogP contribution < -0.4 is 4.74 Å². The number of nitrogens with zero attached hydrogens (tertiary/aromatic N) is 1. The van der Waals surface area contributed by atoms with Crippen LogP contribution in [0, 0.1) is 11.8 Å². The van der Waals surface area contributed by atoms with Crippen molar-refractivity contribution >= 4 is 11.9 Å². The molecular formula is C19H29NO4. The minimum absolute atomic E-state index is 0.0172. The number of hydrogen-bond acceptors (Lipinski definition) is 4. The maximum Gasteiger partial charge on any atom is 0.310 e. The number of carbonyl (C=O) groups is 2. The Morgan fingerprint density at radius 3 is 2.21 bits per heavy atom. The Morgan fingerprint density at radius 2 is 1.71 bits per heavy atom. The van der Waals surface area contributed by atoms with E-state index in [0.29, 0.717) is 32.0 Å². The van der Waals surface area contributed by atoms with Gasteiger partial charge in [-0.25, -0.2) is 0 Å². The van der Waals surface area contributed by atoms with Crippen LogP contribution in [-0.4, -0.2) is 43.6 Å². The summed E-state index contributed by atoms with van der Waals surface area (Å²) in [7, 11) is 1.37. The van der Waals surface area contributed by atoms with E-state index in [2.05, 4.69) is 13.8 Å². The molecule has 134 valence electrons. The molecule has 0 aliphatic heterocycles. The average molecular weight is 335 g/mol. The maximum absolute atomic E-state index is 12.6. The number of esters is 1. The van der Waals surface area contributed by atoms with Crippen LogP contribution in [0.5, 0.6) is 5.75 Å². The Labute approximate surface area is 144 Å². The zero-order chi connectivity index (χ0) is 18.1. The lowest BCUT2D eigenvalue weighted by molar-refractivity contribution is -0.146. The molecule has 1 aromatic carbocycles. The van der Waals surface area contributed by atoms with Gasteiger partial charge in [0.05, 0.1) is 26.1 Å². The van der Waals surface area contributed by atoms with Crippen LogP contribution in [0.1, 0.15) is 33.3 Å². The van der Waals surface area contributed by atoms with Gasteiger partial charge in [0, 0.05) is 13.1 Å². The largest absolute Gasteiger partial charge is 0.494 e. The van der Waals surface area contributed by atoms with E-state index in [4.69, 9.17) is 9.47 Å². The molecule has 5 nitrogen and oxygen atoms in total. The van der Waals surface area contributed by atoms with Crippen LogP contribution in [0.4, 0.5) is 0 Å². The standard InChI is InChI=1S/C19H29NO4/c1-6-24-17-9-7-16(8-10-17)11-18(21)20(12-14(2)3)13-15(4)19(22)23-5/h7-10,14-15H,6,11-13H2,1-5H3. The molecule has 0 aromatic heterocycles. The van der Waals surface area contributed by atoms with Crippen LogP contribution in [0.3, 0.4) is 0 Å². The first kappa shape index (κ1) is 20.0. The molecule has 1 amide bonds. The zero-order valence-corrected chi connectivity index (χ0v) is 15.4. The van der Waals surface area contributed by atoms with Crippen molar-refractivity contribution in [2.24, 2.45) is 11.8 Å². The normalized spacial score (nSPS) is 11.9. The minimum Gasteiger partial charge on any atom is -0.494 e. The number of carbonyl (C=O) groups excluding carboxylic acids is 2. The van der Waals surface area contributed by atoms with Gasteiger partial charge in [0.2, 0.25) is 5.91 Å². The lowest BCUT2D eigenvalue weighted by Crippen LogP contribution is -2.40. The first-order valence-corrected chi connectivity index (χ1v) is 8.44. The maximum atomic E-state index is 12.6. The number of amides is 1. The van der Waals surface area contributed by atoms with Crippen molar-refractivity contribution in [1.82, 2.24) is 4.90 Å². The Hall–Kier alpha value is -2.04. The van der Waals surface area contributed by atoms with Gasteiger partial charge in [-0.2, -0.15) is 0 Å². The van der Waals surface area contributed by atoms with E-state index in [9.17, 15) is 9.59 Å². The summed E-state index contributed by atoms with van der Waals surface area (Å²) in [5.41, 5.74) is 0.933. The molecule has 0 aliphatic carbocycles. The Bertz CT molecular complexity index is 525. The second kappa shape index (κ2) is 9.96. The average Bonchev–Trinajstić information content (AvgIpc) is 2.55. The second-order valence-corrected chi connectivity index (χ2v) is 6.37. The monoisotopic (exact) mass is 335 g/mol. The van der Waals surface area contributed by atoms with Gasteiger partial charge in [-0.15, -0.1) is 0 Å². The molecule has 1 rings (SSSR count). The van der Waals surface area contributed by atoms with Crippen LogP contribution in [0.15, 0.2) is 24.3 Å². The van der Waals surface area contributed by atoms with Crippen molar-refractivity contribution in [3.05, 3.63) is 29.8 Å². The topological polar surface area (TPSA) is 55.8 Å². The van der Waals surface area contributed by atoms with Crippen LogP contribution in [-0.2, 0) is 20.7 Å². The van der Waals surface area contributed by atoms with E-state index in [0.717, 1.165) is 11.3 Å². The van der Waals surface area contributed by atoms with E-state index in [-0.39, 0.29) is 17.8 Å². The Kier molecular flexibility index (Phi) is 8.30. The summed E-state index contributed by atoms with van der Waals surface area (Å²) in [6, 6.07) is 7.55. The SMILES string of the molecule is CCOc1ccc(CC(=O)N(CC(C)C)CC(C)C(=O)OC)cc1. The molecule has 0 N–H and O–H groups in total. The van der Waals surface area contributed by atoms with E-state index < -0.39 is 0 Å². The molecule has 24 heavy (non-hydrogen) atoms. The van der Waals surface area contributed by atoms with Crippen molar-refractivity contribution in [2.75, 3.05) is 26.8 Å². The van der Waals surface area contributed by atoms with E-state index in [1.54, 1.807) is 11.8 Å².